The van der Waals surface area contributed by atoms with Crippen molar-refractivity contribution in [1.29, 1.82) is 0 Å². The average Bonchev–Trinajstić information content (AvgIpc) is 2.97. The standard InChI is InChI=1S/C13H21NO/c1-10-9-12(10)13(15)14-8-7-11-5-3-2-4-6-11/h5,10,12H,2-4,6-9H2,1H3,(H,14,15)/t10-,12-/m0/s1. The van der Waals surface area contributed by atoms with E-state index in [0.717, 1.165) is 19.4 Å². The van der Waals surface area contributed by atoms with Crippen LogP contribution >= 0.6 is 0 Å². The first kappa shape index (κ1) is 10.7. The molecule has 2 heteroatoms. The lowest BCUT2D eigenvalue weighted by Crippen LogP contribution is -2.26. The molecule has 1 amide bonds. The van der Waals surface area contributed by atoms with E-state index in [-0.39, 0.29) is 5.91 Å². The molecule has 84 valence electrons. The summed E-state index contributed by atoms with van der Waals surface area (Å²) in [4.78, 5) is 11.5. The van der Waals surface area contributed by atoms with Gasteiger partial charge in [-0.2, -0.15) is 0 Å². The van der Waals surface area contributed by atoms with Gasteiger partial charge in [0.05, 0.1) is 0 Å². The molecule has 1 N–H and O–H groups in total. The second-order valence-electron chi connectivity index (χ2n) is 4.97. The highest BCUT2D eigenvalue weighted by molar-refractivity contribution is 5.81. The number of carbonyl (C=O) groups is 1. The summed E-state index contributed by atoms with van der Waals surface area (Å²) in [6.07, 6.45) is 9.67. The third-order valence-electron chi connectivity index (χ3n) is 3.58. The van der Waals surface area contributed by atoms with Crippen molar-refractivity contribution >= 4 is 5.91 Å². The molecule has 2 rings (SSSR count). The molecule has 0 spiro atoms. The van der Waals surface area contributed by atoms with Crippen LogP contribution in [-0.2, 0) is 4.79 Å². The summed E-state index contributed by atoms with van der Waals surface area (Å²) < 4.78 is 0. The molecule has 1 fully saturated rings. The molecule has 0 aliphatic heterocycles. The number of allylic oxidation sites excluding steroid dienone is 1. The molecule has 0 radical (unpaired) electrons. The fraction of sp³-hybridized carbons (Fsp3) is 0.769. The van der Waals surface area contributed by atoms with Gasteiger partial charge >= 0.3 is 0 Å². The van der Waals surface area contributed by atoms with Crippen LogP contribution in [0.2, 0.25) is 0 Å². The van der Waals surface area contributed by atoms with Crippen molar-refractivity contribution in [1.82, 2.24) is 5.32 Å². The van der Waals surface area contributed by atoms with Crippen LogP contribution < -0.4 is 5.32 Å². The van der Waals surface area contributed by atoms with Crippen LogP contribution in [0.25, 0.3) is 0 Å². The minimum Gasteiger partial charge on any atom is -0.356 e. The normalized spacial score (nSPS) is 29.5. The molecule has 0 unspecified atom stereocenters. The average molecular weight is 207 g/mol. The Morgan fingerprint density at radius 2 is 2.33 bits per heavy atom. The summed E-state index contributed by atoms with van der Waals surface area (Å²) in [6, 6.07) is 0. The first-order valence-electron chi connectivity index (χ1n) is 6.23. The van der Waals surface area contributed by atoms with Gasteiger partial charge in [-0.15, -0.1) is 0 Å². The van der Waals surface area contributed by atoms with Crippen molar-refractivity contribution in [2.24, 2.45) is 11.8 Å². The molecule has 0 heterocycles. The van der Waals surface area contributed by atoms with E-state index >= 15 is 0 Å². The fourth-order valence-electron chi connectivity index (χ4n) is 2.30. The Kier molecular flexibility index (Phi) is 3.45. The lowest BCUT2D eigenvalue weighted by molar-refractivity contribution is -0.122. The Balaban J connectivity index is 1.62. The maximum atomic E-state index is 11.5. The topological polar surface area (TPSA) is 29.1 Å². The molecule has 1 saturated carbocycles. The highest BCUT2D eigenvalue weighted by Crippen LogP contribution is 2.37. The van der Waals surface area contributed by atoms with Crippen LogP contribution in [0.3, 0.4) is 0 Å². The predicted octanol–water partition coefficient (Wildman–Crippen LogP) is 2.65. The number of carbonyl (C=O) groups excluding carboxylic acids is 1. The maximum absolute atomic E-state index is 11.5. The number of nitrogens with one attached hydrogen (secondary N) is 1. The SMILES string of the molecule is C[C@H]1C[C@@H]1C(=O)NCCC1=CCCCC1. The molecule has 0 aromatic carbocycles. The lowest BCUT2D eigenvalue weighted by atomic mass is 9.97. The molecule has 2 nitrogen and oxygen atoms in total. The minimum atomic E-state index is 0.277. The largest absolute Gasteiger partial charge is 0.356 e. The Hall–Kier alpha value is -0.790. The van der Waals surface area contributed by atoms with Crippen molar-refractivity contribution in [2.75, 3.05) is 6.54 Å². The van der Waals surface area contributed by atoms with Crippen LogP contribution in [0.1, 0.15) is 45.4 Å². The van der Waals surface area contributed by atoms with Crippen LogP contribution in [0, 0.1) is 11.8 Å². The number of rotatable bonds is 4. The van der Waals surface area contributed by atoms with E-state index in [1.165, 1.54) is 25.7 Å². The summed E-state index contributed by atoms with van der Waals surface area (Å²) >= 11 is 0. The number of hydrogen-bond donors (Lipinski definition) is 1. The van der Waals surface area contributed by atoms with Gasteiger partial charge in [0.2, 0.25) is 5.91 Å². The second-order valence-corrected chi connectivity index (χ2v) is 4.97. The fourth-order valence-corrected chi connectivity index (χ4v) is 2.30. The predicted molar refractivity (Wildman–Crippen MR) is 61.4 cm³/mol. The van der Waals surface area contributed by atoms with Gasteiger partial charge in [-0.25, -0.2) is 0 Å². The van der Waals surface area contributed by atoms with Gasteiger partial charge in [-0.1, -0.05) is 18.6 Å². The zero-order chi connectivity index (χ0) is 10.7. The van der Waals surface area contributed by atoms with Crippen LogP contribution in [0.15, 0.2) is 11.6 Å². The van der Waals surface area contributed by atoms with E-state index in [1.54, 1.807) is 5.57 Å². The van der Waals surface area contributed by atoms with Crippen molar-refractivity contribution in [3.63, 3.8) is 0 Å². The van der Waals surface area contributed by atoms with E-state index in [1.807, 2.05) is 0 Å². The number of amides is 1. The third-order valence-corrected chi connectivity index (χ3v) is 3.58. The van der Waals surface area contributed by atoms with Crippen molar-refractivity contribution in [2.45, 2.75) is 45.4 Å². The van der Waals surface area contributed by atoms with E-state index in [0.29, 0.717) is 11.8 Å². The summed E-state index contributed by atoms with van der Waals surface area (Å²) in [6.45, 7) is 2.99. The Bertz CT molecular complexity index is 270. The highest BCUT2D eigenvalue weighted by Gasteiger charge is 2.38. The summed E-state index contributed by atoms with van der Waals surface area (Å²) in [7, 11) is 0. The molecule has 0 bridgehead atoms. The zero-order valence-electron chi connectivity index (χ0n) is 9.59. The molecule has 15 heavy (non-hydrogen) atoms. The van der Waals surface area contributed by atoms with Gasteiger partial charge < -0.3 is 5.32 Å². The molecule has 2 atom stereocenters. The van der Waals surface area contributed by atoms with Crippen molar-refractivity contribution in [3.8, 4) is 0 Å². The van der Waals surface area contributed by atoms with Gasteiger partial charge in [0.25, 0.3) is 0 Å². The molecule has 0 aromatic rings. The third kappa shape index (κ3) is 3.08. The van der Waals surface area contributed by atoms with Gasteiger partial charge in [0, 0.05) is 12.5 Å². The van der Waals surface area contributed by atoms with E-state index < -0.39 is 0 Å². The van der Waals surface area contributed by atoms with E-state index in [2.05, 4.69) is 18.3 Å². The van der Waals surface area contributed by atoms with E-state index in [4.69, 9.17) is 0 Å². The summed E-state index contributed by atoms with van der Waals surface area (Å²) in [5.74, 6) is 1.23. The minimum absolute atomic E-state index is 0.277. The van der Waals surface area contributed by atoms with Gasteiger partial charge in [-0.05, 0) is 44.4 Å². The van der Waals surface area contributed by atoms with Crippen molar-refractivity contribution in [3.05, 3.63) is 11.6 Å². The Morgan fingerprint density at radius 3 is 2.93 bits per heavy atom. The van der Waals surface area contributed by atoms with Gasteiger partial charge in [-0.3, -0.25) is 4.79 Å². The van der Waals surface area contributed by atoms with Crippen LogP contribution in [0.4, 0.5) is 0 Å². The van der Waals surface area contributed by atoms with Crippen LogP contribution in [-0.4, -0.2) is 12.5 Å². The summed E-state index contributed by atoms with van der Waals surface area (Å²) in [5, 5.41) is 3.04. The summed E-state index contributed by atoms with van der Waals surface area (Å²) in [5.41, 5.74) is 1.55. The molecular formula is C13H21NO. The number of hydrogen-bond acceptors (Lipinski definition) is 1. The first-order chi connectivity index (χ1) is 7.27. The van der Waals surface area contributed by atoms with Gasteiger partial charge in [0.1, 0.15) is 0 Å². The van der Waals surface area contributed by atoms with Crippen molar-refractivity contribution < 1.29 is 4.79 Å². The lowest BCUT2D eigenvalue weighted by Gasteiger charge is -2.12. The quantitative estimate of drug-likeness (QED) is 0.705. The molecule has 2 aliphatic carbocycles. The van der Waals surface area contributed by atoms with E-state index in [9.17, 15) is 4.79 Å². The smallest absolute Gasteiger partial charge is 0.223 e. The Labute approximate surface area is 92.1 Å². The molecule has 0 saturated heterocycles. The Morgan fingerprint density at radius 1 is 1.53 bits per heavy atom. The monoisotopic (exact) mass is 207 g/mol. The molecule has 0 aromatic heterocycles. The highest BCUT2D eigenvalue weighted by atomic mass is 16.2. The first-order valence-corrected chi connectivity index (χ1v) is 6.23. The van der Waals surface area contributed by atoms with Gasteiger partial charge in [0.15, 0.2) is 0 Å². The zero-order valence-corrected chi connectivity index (χ0v) is 9.59. The maximum Gasteiger partial charge on any atom is 0.223 e. The second kappa shape index (κ2) is 4.82. The van der Waals surface area contributed by atoms with Crippen LogP contribution in [0.5, 0.6) is 0 Å². The molecular weight excluding hydrogens is 186 g/mol. The molecule has 2 aliphatic rings.